The van der Waals surface area contributed by atoms with Gasteiger partial charge in [-0.15, -0.1) is 11.3 Å². The van der Waals surface area contributed by atoms with Crippen LogP contribution in [0.4, 0.5) is 11.5 Å². The van der Waals surface area contributed by atoms with Gasteiger partial charge in [0.1, 0.15) is 17.3 Å². The van der Waals surface area contributed by atoms with Crippen LogP contribution in [0.5, 0.6) is 5.75 Å². The molecule has 3 aromatic heterocycles. The fourth-order valence-electron chi connectivity index (χ4n) is 4.38. The van der Waals surface area contributed by atoms with Crippen molar-refractivity contribution in [2.75, 3.05) is 24.7 Å². The number of carbonyl (C=O) groups is 1. The summed E-state index contributed by atoms with van der Waals surface area (Å²) in [7, 11) is 3.48. The van der Waals surface area contributed by atoms with Crippen molar-refractivity contribution < 1.29 is 9.53 Å². The third kappa shape index (κ3) is 4.21. The molecule has 7 nitrogen and oxygen atoms in total. The number of ether oxygens (including phenoxy) is 1. The van der Waals surface area contributed by atoms with Crippen LogP contribution < -0.4 is 21.5 Å². The number of benzene rings is 2. The third-order valence-electron chi connectivity index (χ3n) is 6.23. The number of fused-ring (bicyclic) bond motifs is 2. The van der Waals surface area contributed by atoms with Crippen LogP contribution in [0.2, 0.25) is 0 Å². The Morgan fingerprint density at radius 2 is 2.06 bits per heavy atom. The fourth-order valence-corrected chi connectivity index (χ4v) is 5.46. The topological polar surface area (TPSA) is 108 Å². The number of hydrogen-bond acceptors (Lipinski definition) is 6. The lowest BCUT2D eigenvalue weighted by Crippen LogP contribution is -2.16. The van der Waals surface area contributed by atoms with E-state index in [1.165, 1.54) is 0 Å². The average Bonchev–Trinajstić information content (AvgIpc) is 3.49. The molecule has 2 aromatic carbocycles. The first-order valence-electron chi connectivity index (χ1n) is 11.6. The second kappa shape index (κ2) is 9.85. The van der Waals surface area contributed by atoms with Crippen molar-refractivity contribution in [3.05, 3.63) is 77.4 Å². The highest BCUT2D eigenvalue weighted by Gasteiger charge is 2.18. The average molecular weight is 498 g/mol. The Kier molecular flexibility index (Phi) is 6.45. The maximum Gasteiger partial charge on any atom is 0.272 e. The van der Waals surface area contributed by atoms with Crippen LogP contribution in [0.1, 0.15) is 22.5 Å². The zero-order valence-electron chi connectivity index (χ0n) is 20.1. The van der Waals surface area contributed by atoms with Gasteiger partial charge >= 0.3 is 0 Å². The van der Waals surface area contributed by atoms with Gasteiger partial charge in [-0.3, -0.25) is 4.79 Å². The summed E-state index contributed by atoms with van der Waals surface area (Å²) in [6.07, 6.45) is 6.67. The molecule has 0 radical (unpaired) electrons. The number of rotatable bonds is 7. The Bertz CT molecular complexity index is 1620. The van der Waals surface area contributed by atoms with Gasteiger partial charge < -0.3 is 26.1 Å². The minimum absolute atomic E-state index is 0.205. The molecule has 8 heteroatoms. The second-order valence-electron chi connectivity index (χ2n) is 8.45. The number of hydrogen-bond donors (Lipinski definition) is 3. The van der Waals surface area contributed by atoms with Crippen molar-refractivity contribution in [2.24, 2.45) is 12.8 Å². The molecule has 182 valence electrons. The molecule has 0 bridgehead atoms. The zero-order chi connectivity index (χ0) is 25.2. The zero-order valence-corrected chi connectivity index (χ0v) is 20.9. The van der Waals surface area contributed by atoms with Crippen LogP contribution in [-0.2, 0) is 7.05 Å². The molecule has 0 spiro atoms. The number of nitrogens with one attached hydrogen (secondary N) is 1. The molecule has 0 aliphatic rings. The lowest BCUT2D eigenvalue weighted by atomic mass is 10.0. The number of nitrogen functional groups attached to an aromatic ring is 1. The molecule has 0 aliphatic heterocycles. The highest BCUT2D eigenvalue weighted by atomic mass is 32.1. The van der Waals surface area contributed by atoms with E-state index in [4.69, 9.17) is 16.2 Å². The van der Waals surface area contributed by atoms with Gasteiger partial charge in [0.2, 0.25) is 0 Å². The number of amides is 1. The third-order valence-corrected chi connectivity index (χ3v) is 7.26. The number of nitrogens with zero attached hydrogens (tertiary/aromatic N) is 2. The number of methoxy groups -OCH3 is 1. The standard InChI is InChI=1S/C28H27N5O2S/c1-33-22-9-4-3-7-18(22)13-23(33)28(34)32-21-11-10-17(14-24(21)35-2)20-16-36-26-19(8-5-6-12-29)15-31-27(30)25(20)26/h3-5,7-11,13-16H,6,12,29H2,1-2H3,(H2,30,31)(H,32,34)/b8-5+. The summed E-state index contributed by atoms with van der Waals surface area (Å²) in [6.45, 7) is 0.598. The van der Waals surface area contributed by atoms with Crippen molar-refractivity contribution in [3.8, 4) is 16.9 Å². The van der Waals surface area contributed by atoms with E-state index >= 15 is 0 Å². The predicted octanol–water partition coefficient (Wildman–Crippen LogP) is 5.66. The van der Waals surface area contributed by atoms with Crippen LogP contribution in [0.15, 0.2) is 66.2 Å². The molecule has 36 heavy (non-hydrogen) atoms. The quantitative estimate of drug-likeness (QED) is 0.269. The van der Waals surface area contributed by atoms with Crippen LogP contribution >= 0.6 is 11.3 Å². The summed E-state index contributed by atoms with van der Waals surface area (Å²) < 4.78 is 8.61. The number of thiophene rings is 1. The number of nitrogens with two attached hydrogens (primary N) is 2. The van der Waals surface area contributed by atoms with Crippen LogP contribution in [-0.4, -0.2) is 29.1 Å². The van der Waals surface area contributed by atoms with E-state index in [-0.39, 0.29) is 5.91 Å². The molecule has 0 fully saturated rings. The molecule has 0 unspecified atom stereocenters. The van der Waals surface area contributed by atoms with Crippen molar-refractivity contribution in [1.29, 1.82) is 0 Å². The molecule has 0 saturated heterocycles. The molecule has 1 amide bonds. The van der Waals surface area contributed by atoms with Gasteiger partial charge in [0.25, 0.3) is 5.91 Å². The molecule has 0 atom stereocenters. The maximum atomic E-state index is 13.1. The van der Waals surface area contributed by atoms with Crippen molar-refractivity contribution in [1.82, 2.24) is 9.55 Å². The maximum absolute atomic E-state index is 13.1. The molecule has 5 aromatic rings. The summed E-state index contributed by atoms with van der Waals surface area (Å²) >= 11 is 1.62. The Morgan fingerprint density at radius 3 is 2.83 bits per heavy atom. The first kappa shape index (κ1) is 23.6. The van der Waals surface area contributed by atoms with E-state index in [0.29, 0.717) is 29.5 Å². The second-order valence-corrected chi connectivity index (χ2v) is 9.33. The Labute approximate surface area is 213 Å². The Hall–Kier alpha value is -4.14. The number of anilines is 2. The van der Waals surface area contributed by atoms with Crippen molar-refractivity contribution in [3.63, 3.8) is 0 Å². The van der Waals surface area contributed by atoms with E-state index in [1.54, 1.807) is 24.6 Å². The minimum Gasteiger partial charge on any atom is -0.495 e. The van der Waals surface area contributed by atoms with Gasteiger partial charge in [0.15, 0.2) is 0 Å². The van der Waals surface area contributed by atoms with E-state index in [2.05, 4.69) is 15.7 Å². The summed E-state index contributed by atoms with van der Waals surface area (Å²) in [4.78, 5) is 17.5. The largest absolute Gasteiger partial charge is 0.495 e. The minimum atomic E-state index is -0.205. The summed E-state index contributed by atoms with van der Waals surface area (Å²) in [6, 6.07) is 15.5. The fraction of sp³-hybridized carbons (Fsp3) is 0.143. The molecule has 3 heterocycles. The molecule has 5 N–H and O–H groups in total. The summed E-state index contributed by atoms with van der Waals surface area (Å²) in [5.41, 5.74) is 17.0. The van der Waals surface area contributed by atoms with E-state index in [1.807, 2.05) is 72.3 Å². The SMILES string of the molecule is COc1cc(-c2csc3c(/C=C/CCN)cnc(N)c23)ccc1NC(=O)c1cc2ccccc2n1C. The van der Waals surface area contributed by atoms with Crippen LogP contribution in [0, 0.1) is 0 Å². The highest BCUT2D eigenvalue weighted by Crippen LogP contribution is 2.41. The van der Waals surface area contributed by atoms with Gasteiger partial charge in [0.05, 0.1) is 12.8 Å². The molecule has 0 saturated carbocycles. The Balaban J connectivity index is 1.48. The number of pyridine rings is 1. The lowest BCUT2D eigenvalue weighted by molar-refractivity contribution is 0.101. The van der Waals surface area contributed by atoms with Gasteiger partial charge in [0, 0.05) is 45.4 Å². The lowest BCUT2D eigenvalue weighted by Gasteiger charge is -2.13. The van der Waals surface area contributed by atoms with Crippen molar-refractivity contribution >= 4 is 55.8 Å². The predicted molar refractivity (Wildman–Crippen MR) is 150 cm³/mol. The highest BCUT2D eigenvalue weighted by molar-refractivity contribution is 7.18. The number of aryl methyl sites for hydroxylation is 1. The normalized spacial score (nSPS) is 11.5. The van der Waals surface area contributed by atoms with E-state index in [0.717, 1.165) is 44.1 Å². The summed E-state index contributed by atoms with van der Waals surface area (Å²) in [5.74, 6) is 0.830. The van der Waals surface area contributed by atoms with E-state index < -0.39 is 0 Å². The monoisotopic (exact) mass is 497 g/mol. The van der Waals surface area contributed by atoms with Gasteiger partial charge in [-0.05, 0) is 48.2 Å². The molecule has 0 aliphatic carbocycles. The first-order valence-corrected chi connectivity index (χ1v) is 12.5. The van der Waals surface area contributed by atoms with Crippen molar-refractivity contribution in [2.45, 2.75) is 6.42 Å². The number of aromatic nitrogens is 2. The first-order chi connectivity index (χ1) is 17.5. The number of carbonyl (C=O) groups excluding carboxylic acids is 1. The molecule has 5 rings (SSSR count). The van der Waals surface area contributed by atoms with Gasteiger partial charge in [-0.2, -0.15) is 0 Å². The van der Waals surface area contributed by atoms with Crippen LogP contribution in [0.25, 0.3) is 38.2 Å². The van der Waals surface area contributed by atoms with E-state index in [9.17, 15) is 4.79 Å². The van der Waals surface area contributed by atoms with Crippen LogP contribution in [0.3, 0.4) is 0 Å². The molecular weight excluding hydrogens is 470 g/mol. The molecular formula is C28H27N5O2S. The Morgan fingerprint density at radius 1 is 1.22 bits per heavy atom. The van der Waals surface area contributed by atoms with Gasteiger partial charge in [-0.1, -0.05) is 36.4 Å². The summed E-state index contributed by atoms with van der Waals surface area (Å²) in [5, 5.41) is 7.00. The smallest absolute Gasteiger partial charge is 0.272 e. The van der Waals surface area contributed by atoms with Gasteiger partial charge in [-0.25, -0.2) is 4.98 Å². The number of para-hydroxylation sites is 1.